The lowest BCUT2D eigenvalue weighted by Crippen LogP contribution is -2.47. The second-order valence-corrected chi connectivity index (χ2v) is 13.0. The number of imidazole rings is 1. The van der Waals surface area contributed by atoms with Gasteiger partial charge in [-0.25, -0.2) is 14.4 Å². The number of hydrogen-bond acceptors (Lipinski definition) is 8. The summed E-state index contributed by atoms with van der Waals surface area (Å²) >= 11 is 0. The van der Waals surface area contributed by atoms with E-state index in [4.69, 9.17) is 14.2 Å². The average molecular weight is 635 g/mol. The first-order valence-corrected chi connectivity index (χ1v) is 15.7. The van der Waals surface area contributed by atoms with E-state index in [9.17, 15) is 24.0 Å². The zero-order chi connectivity index (χ0) is 33.2. The third kappa shape index (κ3) is 7.11. The van der Waals surface area contributed by atoms with Crippen molar-refractivity contribution in [2.75, 3.05) is 26.8 Å². The fourth-order valence-corrected chi connectivity index (χ4v) is 6.06. The maximum absolute atomic E-state index is 13.6. The van der Waals surface area contributed by atoms with Crippen LogP contribution < -0.4 is 10.4 Å². The Bertz CT molecular complexity index is 1680. The Morgan fingerprint density at radius 1 is 0.935 bits per heavy atom. The summed E-state index contributed by atoms with van der Waals surface area (Å²) in [5, 5.41) is 0. The summed E-state index contributed by atoms with van der Waals surface area (Å²) in [6.45, 7) is 7.08. The molecule has 0 spiro atoms. The number of carbonyl (C=O) groups is 4. The second-order valence-electron chi connectivity index (χ2n) is 13.0. The molecule has 46 heavy (non-hydrogen) atoms. The SMILES string of the molecule is COc1ccc(CN2C(=O)CCC(n3c(=O)n(C)c4cc(C(=O)OCCC5CCN(C(=O)OC(C)(C)C)CC5)ccc43)C2=O)cc1. The van der Waals surface area contributed by atoms with Gasteiger partial charge in [-0.1, -0.05) is 12.1 Å². The molecular formula is C34H42N4O8. The van der Waals surface area contributed by atoms with Gasteiger partial charge in [0, 0.05) is 26.6 Å². The normalized spacial score (nSPS) is 17.8. The van der Waals surface area contributed by atoms with Crippen molar-refractivity contribution >= 4 is 34.9 Å². The van der Waals surface area contributed by atoms with E-state index in [0.717, 1.165) is 18.4 Å². The summed E-state index contributed by atoms with van der Waals surface area (Å²) in [5.74, 6) is -0.238. The van der Waals surface area contributed by atoms with E-state index in [1.165, 1.54) is 14.0 Å². The summed E-state index contributed by atoms with van der Waals surface area (Å²) in [6.07, 6.45) is 2.32. The van der Waals surface area contributed by atoms with E-state index in [0.29, 0.717) is 47.8 Å². The summed E-state index contributed by atoms with van der Waals surface area (Å²) in [7, 11) is 3.15. The molecule has 3 aromatic rings. The third-order valence-electron chi connectivity index (χ3n) is 8.65. The summed E-state index contributed by atoms with van der Waals surface area (Å²) in [4.78, 5) is 68.0. The monoisotopic (exact) mass is 634 g/mol. The number of nitrogens with zero attached hydrogens (tertiary/aromatic N) is 4. The van der Waals surface area contributed by atoms with Crippen molar-refractivity contribution in [1.29, 1.82) is 0 Å². The van der Waals surface area contributed by atoms with Gasteiger partial charge in [-0.15, -0.1) is 0 Å². The van der Waals surface area contributed by atoms with Crippen LogP contribution in [0.15, 0.2) is 47.3 Å². The van der Waals surface area contributed by atoms with Crippen molar-refractivity contribution in [1.82, 2.24) is 18.9 Å². The molecule has 246 valence electrons. The third-order valence-corrected chi connectivity index (χ3v) is 8.65. The highest BCUT2D eigenvalue weighted by Gasteiger charge is 2.37. The van der Waals surface area contributed by atoms with Gasteiger partial charge in [-0.2, -0.15) is 0 Å². The Labute approximate surface area is 267 Å². The van der Waals surface area contributed by atoms with Crippen LogP contribution in [-0.2, 0) is 32.7 Å². The molecule has 0 aliphatic carbocycles. The predicted octanol–water partition coefficient (Wildman–Crippen LogP) is 4.43. The molecule has 0 saturated carbocycles. The number of amides is 3. The number of methoxy groups -OCH3 is 1. The van der Waals surface area contributed by atoms with Gasteiger partial charge in [-0.05, 0) is 88.3 Å². The maximum atomic E-state index is 13.6. The zero-order valence-electron chi connectivity index (χ0n) is 27.1. The number of imide groups is 1. The number of rotatable bonds is 8. The van der Waals surface area contributed by atoms with E-state index in [1.54, 1.807) is 61.5 Å². The summed E-state index contributed by atoms with van der Waals surface area (Å²) in [6, 6.07) is 11.1. The molecule has 12 nitrogen and oxygen atoms in total. The molecule has 3 heterocycles. The average Bonchev–Trinajstić information content (AvgIpc) is 3.27. The molecule has 0 bridgehead atoms. The minimum Gasteiger partial charge on any atom is -0.497 e. The Morgan fingerprint density at radius 3 is 2.28 bits per heavy atom. The van der Waals surface area contributed by atoms with Gasteiger partial charge in [0.25, 0.3) is 5.91 Å². The molecule has 2 saturated heterocycles. The van der Waals surface area contributed by atoms with Crippen LogP contribution in [0.1, 0.15) is 74.8 Å². The number of benzene rings is 2. The van der Waals surface area contributed by atoms with Crippen LogP contribution in [0.3, 0.4) is 0 Å². The van der Waals surface area contributed by atoms with Crippen LogP contribution >= 0.6 is 0 Å². The van der Waals surface area contributed by atoms with Crippen LogP contribution in [-0.4, -0.2) is 75.2 Å². The van der Waals surface area contributed by atoms with Crippen LogP contribution in [0, 0.1) is 5.92 Å². The Kier molecular flexibility index (Phi) is 9.55. The fourth-order valence-electron chi connectivity index (χ4n) is 6.06. The second kappa shape index (κ2) is 13.4. The molecule has 0 radical (unpaired) electrons. The van der Waals surface area contributed by atoms with Crippen molar-refractivity contribution in [3.63, 3.8) is 0 Å². The molecule has 1 aromatic heterocycles. The minimum atomic E-state index is -0.855. The highest BCUT2D eigenvalue weighted by Crippen LogP contribution is 2.29. The van der Waals surface area contributed by atoms with Gasteiger partial charge < -0.3 is 19.1 Å². The van der Waals surface area contributed by atoms with Crippen molar-refractivity contribution in [2.24, 2.45) is 13.0 Å². The van der Waals surface area contributed by atoms with Gasteiger partial charge in [0.05, 0.1) is 36.9 Å². The number of aryl methyl sites for hydroxylation is 1. The lowest BCUT2D eigenvalue weighted by molar-refractivity contribution is -0.151. The molecule has 2 aliphatic heterocycles. The van der Waals surface area contributed by atoms with Crippen LogP contribution in [0.25, 0.3) is 11.0 Å². The standard InChI is InChI=1S/C34H42N4O8/c1-34(2,3)46-33(43)36-17-14-22(15-18-36)16-19-45-31(41)24-8-11-26-28(20-24)35(4)32(42)38(26)27-12-13-29(39)37(30(27)40)21-23-6-9-25(44-5)10-7-23/h6-11,20,22,27H,12-19,21H2,1-5H3. The van der Waals surface area contributed by atoms with Gasteiger partial charge >= 0.3 is 17.8 Å². The summed E-state index contributed by atoms with van der Waals surface area (Å²) in [5.41, 5.74) is 1.11. The smallest absolute Gasteiger partial charge is 0.410 e. The molecule has 2 aliphatic rings. The fraction of sp³-hybridized carbons (Fsp3) is 0.500. The molecule has 5 rings (SSSR count). The van der Waals surface area contributed by atoms with E-state index in [-0.39, 0.29) is 38.0 Å². The van der Waals surface area contributed by atoms with E-state index in [1.807, 2.05) is 20.8 Å². The number of ether oxygens (including phenoxy) is 3. The maximum Gasteiger partial charge on any atom is 0.410 e. The van der Waals surface area contributed by atoms with E-state index < -0.39 is 29.2 Å². The molecule has 12 heteroatoms. The number of likely N-dealkylation sites (tertiary alicyclic amines) is 2. The Morgan fingerprint density at radius 2 is 1.63 bits per heavy atom. The first kappa shape index (κ1) is 32.8. The molecular weight excluding hydrogens is 592 g/mol. The molecule has 2 fully saturated rings. The van der Waals surface area contributed by atoms with Crippen LogP contribution in [0.2, 0.25) is 0 Å². The van der Waals surface area contributed by atoms with E-state index in [2.05, 4.69) is 0 Å². The number of hydrogen-bond donors (Lipinski definition) is 0. The molecule has 0 N–H and O–H groups in total. The molecule has 1 atom stereocenters. The van der Waals surface area contributed by atoms with Crippen molar-refractivity contribution in [3.05, 3.63) is 64.1 Å². The number of esters is 1. The highest BCUT2D eigenvalue weighted by atomic mass is 16.6. The number of fused-ring (bicyclic) bond motifs is 1. The van der Waals surface area contributed by atoms with Crippen LogP contribution in [0.5, 0.6) is 5.75 Å². The number of aromatic nitrogens is 2. The van der Waals surface area contributed by atoms with Gasteiger partial charge in [0.1, 0.15) is 17.4 Å². The van der Waals surface area contributed by atoms with Crippen molar-refractivity contribution in [3.8, 4) is 5.75 Å². The lowest BCUT2D eigenvalue weighted by Gasteiger charge is -2.33. The lowest BCUT2D eigenvalue weighted by atomic mass is 9.94. The largest absolute Gasteiger partial charge is 0.497 e. The first-order valence-electron chi connectivity index (χ1n) is 15.7. The van der Waals surface area contributed by atoms with Crippen molar-refractivity contribution in [2.45, 2.75) is 71.1 Å². The zero-order valence-corrected chi connectivity index (χ0v) is 27.1. The van der Waals surface area contributed by atoms with Gasteiger partial charge in [0.15, 0.2) is 0 Å². The van der Waals surface area contributed by atoms with Gasteiger partial charge in [0.2, 0.25) is 5.91 Å². The number of piperidine rings is 2. The Hall–Kier alpha value is -4.61. The Balaban J connectivity index is 1.22. The van der Waals surface area contributed by atoms with Crippen LogP contribution in [0.4, 0.5) is 4.79 Å². The predicted molar refractivity (Wildman–Crippen MR) is 169 cm³/mol. The minimum absolute atomic E-state index is 0.0938. The highest BCUT2D eigenvalue weighted by molar-refractivity contribution is 6.00. The number of carbonyl (C=O) groups excluding carboxylic acids is 4. The van der Waals surface area contributed by atoms with Crippen molar-refractivity contribution < 1.29 is 33.4 Å². The van der Waals surface area contributed by atoms with Gasteiger partial charge in [-0.3, -0.25) is 23.6 Å². The quantitative estimate of drug-likeness (QED) is 0.263. The first-order chi connectivity index (χ1) is 21.9. The molecule has 2 aromatic carbocycles. The topological polar surface area (TPSA) is 129 Å². The van der Waals surface area contributed by atoms with E-state index >= 15 is 0 Å². The molecule has 1 unspecified atom stereocenters. The molecule has 3 amide bonds. The summed E-state index contributed by atoms with van der Waals surface area (Å²) < 4.78 is 19.1.